The molecular formula is C19H24N2O2S2. The minimum absolute atomic E-state index is 0.00878. The van der Waals surface area contributed by atoms with E-state index in [0.717, 1.165) is 37.6 Å². The van der Waals surface area contributed by atoms with Gasteiger partial charge in [-0.25, -0.2) is 0 Å². The smallest absolute Gasteiger partial charge is 0.251 e. The van der Waals surface area contributed by atoms with Crippen molar-refractivity contribution in [1.82, 2.24) is 10.2 Å². The fraction of sp³-hybridized carbons (Fsp3) is 0.421. The van der Waals surface area contributed by atoms with E-state index >= 15 is 0 Å². The highest BCUT2D eigenvalue weighted by atomic mass is 32.2. The lowest BCUT2D eigenvalue weighted by Gasteiger charge is -2.34. The zero-order valence-corrected chi connectivity index (χ0v) is 16.1. The Bertz CT molecular complexity index is 653. The van der Waals surface area contributed by atoms with Gasteiger partial charge >= 0.3 is 0 Å². The van der Waals surface area contributed by atoms with Crippen molar-refractivity contribution in [3.05, 3.63) is 57.8 Å². The standard InChI is InChI=1S/C19H24N2O2S2/c1-24-14-15-4-6-16(7-5-15)19(22)20-13-17(18-3-2-12-25-18)21-8-10-23-11-9-21/h2-7,12,17H,8-11,13-14H2,1H3,(H,20,22)/t17-/m1/s1. The van der Waals surface area contributed by atoms with Crippen molar-refractivity contribution in [2.24, 2.45) is 0 Å². The molecule has 1 aliphatic rings. The molecule has 0 radical (unpaired) electrons. The normalized spacial score (nSPS) is 16.5. The molecule has 2 heterocycles. The van der Waals surface area contributed by atoms with Crippen molar-refractivity contribution in [3.8, 4) is 0 Å². The topological polar surface area (TPSA) is 41.6 Å². The molecule has 1 aromatic heterocycles. The number of ether oxygens (including phenoxy) is 1. The van der Waals surface area contributed by atoms with Crippen molar-refractivity contribution < 1.29 is 9.53 Å². The Kier molecular flexibility index (Phi) is 6.93. The van der Waals surface area contributed by atoms with Crippen LogP contribution >= 0.6 is 23.1 Å². The Balaban J connectivity index is 1.62. The number of rotatable bonds is 7. The highest BCUT2D eigenvalue weighted by molar-refractivity contribution is 7.97. The lowest BCUT2D eigenvalue weighted by Crippen LogP contribution is -2.43. The van der Waals surface area contributed by atoms with Crippen LogP contribution in [0.1, 0.15) is 26.8 Å². The van der Waals surface area contributed by atoms with Gasteiger partial charge in [0.15, 0.2) is 0 Å². The van der Waals surface area contributed by atoms with Gasteiger partial charge in [0.1, 0.15) is 0 Å². The first-order chi connectivity index (χ1) is 12.3. The van der Waals surface area contributed by atoms with Gasteiger partial charge in [-0.15, -0.1) is 11.3 Å². The van der Waals surface area contributed by atoms with Gasteiger partial charge in [0.05, 0.1) is 19.3 Å². The molecule has 25 heavy (non-hydrogen) atoms. The second kappa shape index (κ2) is 9.38. The third kappa shape index (κ3) is 5.07. The fourth-order valence-corrected chi connectivity index (χ4v) is 4.38. The number of hydrogen-bond acceptors (Lipinski definition) is 5. The van der Waals surface area contributed by atoms with Crippen LogP contribution in [-0.2, 0) is 10.5 Å². The SMILES string of the molecule is CSCc1ccc(C(=O)NC[C@H](c2cccs2)N2CCOCC2)cc1. The van der Waals surface area contributed by atoms with Crippen molar-refractivity contribution >= 4 is 29.0 Å². The summed E-state index contributed by atoms with van der Waals surface area (Å²) >= 11 is 3.53. The summed E-state index contributed by atoms with van der Waals surface area (Å²) in [7, 11) is 0. The van der Waals surface area contributed by atoms with Crippen LogP contribution in [0.5, 0.6) is 0 Å². The van der Waals surface area contributed by atoms with Crippen LogP contribution in [0.2, 0.25) is 0 Å². The maximum atomic E-state index is 12.5. The third-order valence-corrected chi connectivity index (χ3v) is 5.94. The van der Waals surface area contributed by atoms with Crippen LogP contribution in [0.25, 0.3) is 0 Å². The molecule has 3 rings (SSSR count). The van der Waals surface area contributed by atoms with Crippen LogP contribution in [0.3, 0.4) is 0 Å². The van der Waals surface area contributed by atoms with E-state index in [2.05, 4.69) is 34.0 Å². The number of carbonyl (C=O) groups excluding carboxylic acids is 1. The van der Waals surface area contributed by atoms with Gasteiger partial charge in [-0.3, -0.25) is 9.69 Å². The first-order valence-corrected chi connectivity index (χ1v) is 10.8. The molecule has 1 amide bonds. The minimum atomic E-state index is -0.00878. The minimum Gasteiger partial charge on any atom is -0.379 e. The van der Waals surface area contributed by atoms with Gasteiger partial charge in [-0.05, 0) is 35.4 Å². The van der Waals surface area contributed by atoms with Gasteiger partial charge in [0, 0.05) is 35.8 Å². The van der Waals surface area contributed by atoms with E-state index in [1.807, 2.05) is 24.3 Å². The molecule has 1 fully saturated rings. The number of benzene rings is 1. The molecule has 0 spiro atoms. The third-order valence-electron chi connectivity index (χ3n) is 4.34. The number of thiophene rings is 1. The number of carbonyl (C=O) groups is 1. The maximum absolute atomic E-state index is 12.5. The van der Waals surface area contributed by atoms with Crippen molar-refractivity contribution in [3.63, 3.8) is 0 Å². The molecule has 1 N–H and O–H groups in total. The summed E-state index contributed by atoms with van der Waals surface area (Å²) in [4.78, 5) is 16.2. The summed E-state index contributed by atoms with van der Waals surface area (Å²) in [6, 6.07) is 12.3. The summed E-state index contributed by atoms with van der Waals surface area (Å²) in [5.74, 6) is 0.963. The molecule has 0 bridgehead atoms. The average Bonchev–Trinajstić information content (AvgIpc) is 3.18. The molecule has 0 unspecified atom stereocenters. The number of amides is 1. The predicted molar refractivity (Wildman–Crippen MR) is 105 cm³/mol. The lowest BCUT2D eigenvalue weighted by molar-refractivity contribution is 0.0169. The first-order valence-electron chi connectivity index (χ1n) is 8.49. The zero-order valence-electron chi connectivity index (χ0n) is 14.4. The second-order valence-corrected chi connectivity index (χ2v) is 7.86. The van der Waals surface area contributed by atoms with Gasteiger partial charge in [0.2, 0.25) is 0 Å². The van der Waals surface area contributed by atoms with Crippen LogP contribution in [0.4, 0.5) is 0 Å². The molecule has 1 saturated heterocycles. The van der Waals surface area contributed by atoms with Crippen LogP contribution in [-0.4, -0.2) is 49.9 Å². The zero-order chi connectivity index (χ0) is 17.5. The molecule has 0 aliphatic carbocycles. The van der Waals surface area contributed by atoms with Crippen LogP contribution in [0, 0.1) is 0 Å². The monoisotopic (exact) mass is 376 g/mol. The van der Waals surface area contributed by atoms with E-state index in [-0.39, 0.29) is 11.9 Å². The lowest BCUT2D eigenvalue weighted by atomic mass is 10.1. The first kappa shape index (κ1) is 18.5. The fourth-order valence-electron chi connectivity index (χ4n) is 2.99. The average molecular weight is 377 g/mol. The quantitative estimate of drug-likeness (QED) is 0.804. The van der Waals surface area contributed by atoms with Gasteiger partial charge in [0.25, 0.3) is 5.91 Å². The van der Waals surface area contributed by atoms with E-state index in [1.165, 1.54) is 10.4 Å². The largest absolute Gasteiger partial charge is 0.379 e. The molecule has 2 aromatic rings. The Labute approximate surface area is 157 Å². The van der Waals surface area contributed by atoms with E-state index in [9.17, 15) is 4.79 Å². The molecule has 134 valence electrons. The Morgan fingerprint density at radius 1 is 1.28 bits per heavy atom. The van der Waals surface area contributed by atoms with E-state index < -0.39 is 0 Å². The van der Waals surface area contributed by atoms with Gasteiger partial charge < -0.3 is 10.1 Å². The number of morpholine rings is 1. The highest BCUT2D eigenvalue weighted by Gasteiger charge is 2.24. The number of hydrogen-bond donors (Lipinski definition) is 1. The molecule has 1 atom stereocenters. The number of nitrogens with one attached hydrogen (secondary N) is 1. The van der Waals surface area contributed by atoms with Gasteiger partial charge in [-0.1, -0.05) is 18.2 Å². The number of thioether (sulfide) groups is 1. The second-order valence-electron chi connectivity index (χ2n) is 6.02. The summed E-state index contributed by atoms with van der Waals surface area (Å²) in [6.07, 6.45) is 2.08. The molecule has 1 aromatic carbocycles. The Morgan fingerprint density at radius 3 is 2.68 bits per heavy atom. The molecule has 4 nitrogen and oxygen atoms in total. The molecule has 6 heteroatoms. The van der Waals surface area contributed by atoms with E-state index in [4.69, 9.17) is 4.74 Å². The van der Waals surface area contributed by atoms with Gasteiger partial charge in [-0.2, -0.15) is 11.8 Å². The van der Waals surface area contributed by atoms with E-state index in [0.29, 0.717) is 6.54 Å². The molecular weight excluding hydrogens is 352 g/mol. The Morgan fingerprint density at radius 2 is 2.04 bits per heavy atom. The summed E-state index contributed by atoms with van der Waals surface area (Å²) in [5, 5.41) is 5.21. The summed E-state index contributed by atoms with van der Waals surface area (Å²) in [5.41, 5.74) is 1.96. The summed E-state index contributed by atoms with van der Waals surface area (Å²) in [6.45, 7) is 3.94. The predicted octanol–water partition coefficient (Wildman–Crippen LogP) is 3.41. The molecule has 1 aliphatic heterocycles. The van der Waals surface area contributed by atoms with Crippen LogP contribution in [0.15, 0.2) is 41.8 Å². The molecule has 0 saturated carbocycles. The highest BCUT2D eigenvalue weighted by Crippen LogP contribution is 2.25. The van der Waals surface area contributed by atoms with Crippen molar-refractivity contribution in [2.75, 3.05) is 39.1 Å². The van der Waals surface area contributed by atoms with Crippen LogP contribution < -0.4 is 5.32 Å². The van der Waals surface area contributed by atoms with E-state index in [1.54, 1.807) is 23.1 Å². The number of nitrogens with zero attached hydrogens (tertiary/aromatic N) is 1. The van der Waals surface area contributed by atoms with Crippen molar-refractivity contribution in [1.29, 1.82) is 0 Å². The maximum Gasteiger partial charge on any atom is 0.251 e. The Hall–Kier alpha value is -1.34. The summed E-state index contributed by atoms with van der Waals surface area (Å²) < 4.78 is 5.47. The van der Waals surface area contributed by atoms with Crippen molar-refractivity contribution in [2.45, 2.75) is 11.8 Å².